The first-order valence-corrected chi connectivity index (χ1v) is 7.72. The Morgan fingerprint density at radius 1 is 1.00 bits per heavy atom. The van der Waals surface area contributed by atoms with Crippen LogP contribution in [0.3, 0.4) is 0 Å². The van der Waals surface area contributed by atoms with Gasteiger partial charge in [0.25, 0.3) is 0 Å². The van der Waals surface area contributed by atoms with E-state index < -0.39 is 0 Å². The molecule has 1 rings (SSSR count). The number of nitrogens with one attached hydrogen (secondary N) is 1. The summed E-state index contributed by atoms with van der Waals surface area (Å²) in [6, 6.07) is 8.96. The molecule has 0 amide bonds. The summed E-state index contributed by atoms with van der Waals surface area (Å²) in [5, 5.41) is 3.30. The number of likely N-dealkylation sites (N-methyl/N-ethyl adjacent to an activating group) is 1. The second-order valence-electron chi connectivity index (χ2n) is 4.97. The molecule has 1 aromatic rings. The number of rotatable bonds is 12. The molecule has 0 heterocycles. The third-order valence-corrected chi connectivity index (χ3v) is 3.43. The monoisotopic (exact) mass is 295 g/mol. The lowest BCUT2D eigenvalue weighted by Crippen LogP contribution is -2.22. The molecule has 0 aliphatic heterocycles. The second kappa shape index (κ2) is 11.7. The van der Waals surface area contributed by atoms with Gasteiger partial charge in [0.05, 0.1) is 25.9 Å². The van der Waals surface area contributed by atoms with Crippen LogP contribution in [0.5, 0.6) is 0 Å². The maximum absolute atomic E-state index is 5.73. The van der Waals surface area contributed by atoms with Crippen LogP contribution in [0.2, 0.25) is 0 Å². The maximum atomic E-state index is 5.73. The molecule has 0 bridgehead atoms. The van der Waals surface area contributed by atoms with Crippen LogP contribution in [0.25, 0.3) is 0 Å². The van der Waals surface area contributed by atoms with E-state index >= 15 is 0 Å². The molecule has 1 aromatic carbocycles. The van der Waals surface area contributed by atoms with Crippen LogP contribution in [0.15, 0.2) is 24.3 Å². The van der Waals surface area contributed by atoms with E-state index in [1.54, 1.807) is 7.11 Å². The van der Waals surface area contributed by atoms with Crippen molar-refractivity contribution in [3.8, 4) is 0 Å². The van der Waals surface area contributed by atoms with Crippen molar-refractivity contribution in [1.29, 1.82) is 0 Å². The largest absolute Gasteiger partial charge is 0.382 e. The summed E-state index contributed by atoms with van der Waals surface area (Å²) < 4.78 is 16.0. The summed E-state index contributed by atoms with van der Waals surface area (Å²) in [4.78, 5) is 0. The lowest BCUT2D eigenvalue weighted by Gasteiger charge is -2.17. The van der Waals surface area contributed by atoms with E-state index in [9.17, 15) is 0 Å². The summed E-state index contributed by atoms with van der Waals surface area (Å²) in [6.07, 6.45) is 1.99. The Hall–Kier alpha value is -0.940. The maximum Gasteiger partial charge on any atom is 0.0700 e. The van der Waals surface area contributed by atoms with Gasteiger partial charge in [-0.05, 0) is 31.0 Å². The smallest absolute Gasteiger partial charge is 0.0700 e. The van der Waals surface area contributed by atoms with Gasteiger partial charge < -0.3 is 19.5 Å². The predicted octanol–water partition coefficient (Wildman–Crippen LogP) is 2.58. The van der Waals surface area contributed by atoms with Crippen molar-refractivity contribution in [3.63, 3.8) is 0 Å². The van der Waals surface area contributed by atoms with Gasteiger partial charge in [-0.2, -0.15) is 0 Å². The lowest BCUT2D eigenvalue weighted by atomic mass is 10.0. The molecule has 0 saturated carbocycles. The molecule has 0 aliphatic carbocycles. The van der Waals surface area contributed by atoms with Crippen molar-refractivity contribution in [3.05, 3.63) is 35.4 Å². The number of methoxy groups -OCH3 is 1. The van der Waals surface area contributed by atoms with Gasteiger partial charge in [0.1, 0.15) is 0 Å². The minimum absolute atomic E-state index is 0.241. The molecule has 1 unspecified atom stereocenters. The Morgan fingerprint density at radius 2 is 1.71 bits per heavy atom. The Balaban J connectivity index is 2.18. The van der Waals surface area contributed by atoms with Crippen molar-refractivity contribution in [1.82, 2.24) is 5.32 Å². The molecule has 0 aliphatic rings. The molecule has 1 atom stereocenters. The van der Waals surface area contributed by atoms with Crippen molar-refractivity contribution in [2.24, 2.45) is 0 Å². The Labute approximate surface area is 128 Å². The molecule has 0 fully saturated rings. The van der Waals surface area contributed by atoms with Crippen LogP contribution in [0.4, 0.5) is 0 Å². The molecule has 1 N–H and O–H groups in total. The molecule has 0 spiro atoms. The second-order valence-corrected chi connectivity index (χ2v) is 4.97. The molecule has 0 radical (unpaired) electrons. The highest BCUT2D eigenvalue weighted by Gasteiger charge is 2.08. The van der Waals surface area contributed by atoms with Crippen LogP contribution in [0, 0.1) is 0 Å². The van der Waals surface area contributed by atoms with E-state index in [1.165, 1.54) is 11.1 Å². The number of ether oxygens (including phenoxy) is 3. The number of hydrogen-bond donors (Lipinski definition) is 1. The quantitative estimate of drug-likeness (QED) is 0.602. The summed E-state index contributed by atoms with van der Waals surface area (Å²) in [5.41, 5.74) is 2.63. The van der Waals surface area contributed by atoms with Gasteiger partial charge in [-0.3, -0.25) is 0 Å². The highest BCUT2D eigenvalue weighted by Crippen LogP contribution is 2.14. The fraction of sp³-hybridized carbons (Fsp3) is 0.647. The van der Waals surface area contributed by atoms with Gasteiger partial charge in [-0.1, -0.05) is 31.2 Å². The Bertz CT molecular complexity index is 354. The van der Waals surface area contributed by atoms with Gasteiger partial charge >= 0.3 is 0 Å². The number of benzene rings is 1. The summed E-state index contributed by atoms with van der Waals surface area (Å²) in [5.74, 6) is 0. The normalized spacial score (nSPS) is 12.5. The summed E-state index contributed by atoms with van der Waals surface area (Å²) in [7, 11) is 3.65. The molecular weight excluding hydrogens is 266 g/mol. The van der Waals surface area contributed by atoms with E-state index in [1.807, 2.05) is 7.05 Å². The number of hydrogen-bond acceptors (Lipinski definition) is 4. The summed E-state index contributed by atoms with van der Waals surface area (Å²) >= 11 is 0. The minimum atomic E-state index is 0.241. The number of aryl methyl sites for hydroxylation is 1. The summed E-state index contributed by atoms with van der Waals surface area (Å²) in [6.45, 7) is 5.59. The Kier molecular flexibility index (Phi) is 10.1. The van der Waals surface area contributed by atoms with E-state index in [-0.39, 0.29) is 6.04 Å². The topological polar surface area (TPSA) is 39.7 Å². The zero-order valence-electron chi connectivity index (χ0n) is 13.6. The van der Waals surface area contributed by atoms with Gasteiger partial charge in [-0.25, -0.2) is 0 Å². The molecule has 4 nitrogen and oxygen atoms in total. The molecule has 0 aromatic heterocycles. The molecule has 4 heteroatoms. The zero-order chi connectivity index (χ0) is 15.3. The fourth-order valence-corrected chi connectivity index (χ4v) is 2.04. The lowest BCUT2D eigenvalue weighted by molar-refractivity contribution is 0.0478. The Morgan fingerprint density at radius 3 is 2.33 bits per heavy atom. The fourth-order valence-electron chi connectivity index (χ4n) is 2.04. The van der Waals surface area contributed by atoms with Crippen molar-refractivity contribution >= 4 is 0 Å². The highest BCUT2D eigenvalue weighted by atomic mass is 16.5. The first-order valence-electron chi connectivity index (χ1n) is 7.72. The van der Waals surface area contributed by atoms with Crippen molar-refractivity contribution < 1.29 is 14.2 Å². The van der Waals surface area contributed by atoms with Crippen LogP contribution in [0.1, 0.15) is 30.5 Å². The van der Waals surface area contributed by atoms with Gasteiger partial charge in [0.2, 0.25) is 0 Å². The van der Waals surface area contributed by atoms with Crippen molar-refractivity contribution in [2.75, 3.05) is 47.2 Å². The average molecular weight is 295 g/mol. The molecule has 120 valence electrons. The van der Waals surface area contributed by atoms with Crippen LogP contribution >= 0.6 is 0 Å². The van der Waals surface area contributed by atoms with E-state index in [4.69, 9.17) is 14.2 Å². The van der Waals surface area contributed by atoms with E-state index in [2.05, 4.69) is 36.5 Å². The van der Waals surface area contributed by atoms with Crippen molar-refractivity contribution in [2.45, 2.75) is 25.8 Å². The molecular formula is C17H29NO3. The highest BCUT2D eigenvalue weighted by molar-refractivity contribution is 5.25. The SMILES string of the molecule is CCc1ccc(C(COCCCOCCOC)NC)cc1. The molecule has 21 heavy (non-hydrogen) atoms. The van der Waals surface area contributed by atoms with Crippen LogP contribution in [-0.2, 0) is 20.6 Å². The van der Waals surface area contributed by atoms with Gasteiger partial charge in [0.15, 0.2) is 0 Å². The first-order chi connectivity index (χ1) is 10.3. The van der Waals surface area contributed by atoms with E-state index in [0.717, 1.165) is 26.1 Å². The standard InChI is InChI=1S/C17H29NO3/c1-4-15-6-8-16(9-7-15)17(18-2)14-21-11-5-10-20-13-12-19-3/h6-9,17-18H,4-5,10-14H2,1-3H3. The average Bonchev–Trinajstić information content (AvgIpc) is 2.54. The van der Waals surface area contributed by atoms with Crippen LogP contribution < -0.4 is 5.32 Å². The zero-order valence-corrected chi connectivity index (χ0v) is 13.6. The van der Waals surface area contributed by atoms with Crippen LogP contribution in [-0.4, -0.2) is 47.2 Å². The van der Waals surface area contributed by atoms with Gasteiger partial charge in [-0.15, -0.1) is 0 Å². The molecule has 0 saturated heterocycles. The minimum Gasteiger partial charge on any atom is -0.382 e. The van der Waals surface area contributed by atoms with E-state index in [0.29, 0.717) is 19.8 Å². The predicted molar refractivity (Wildman–Crippen MR) is 85.8 cm³/mol. The third-order valence-electron chi connectivity index (χ3n) is 3.43. The van der Waals surface area contributed by atoms with Gasteiger partial charge in [0, 0.05) is 20.3 Å². The third kappa shape index (κ3) is 7.58. The first kappa shape index (κ1) is 18.1.